The Morgan fingerprint density at radius 2 is 0.909 bits per heavy atom. The monoisotopic (exact) mass is 530 g/mol. The predicted molar refractivity (Wildman–Crippen MR) is 148 cm³/mol. The summed E-state index contributed by atoms with van der Waals surface area (Å²) < 4.78 is 6.23. The summed E-state index contributed by atoms with van der Waals surface area (Å²) in [6.07, 6.45) is 0. The Bertz CT molecular complexity index is 2250. The average molecular weight is 530 g/mol. The molecule has 9 rings (SSSR count). The number of rotatable bonds is 0. The van der Waals surface area contributed by atoms with Crippen molar-refractivity contribution in [3.63, 3.8) is 0 Å². The summed E-state index contributed by atoms with van der Waals surface area (Å²) >= 11 is 2.42. The fraction of sp³-hybridized carbons (Fsp3) is 0. The zero-order chi connectivity index (χ0) is 21.4. The SMILES string of the molecule is Ic1ccc2c(c1)c1cccc3c4cc5c6cccc7c8ccccc8n(c5cc4n2c13)c76. The van der Waals surface area contributed by atoms with Gasteiger partial charge >= 0.3 is 0 Å². The lowest BCUT2D eigenvalue weighted by Gasteiger charge is -2.01. The number of fused-ring (bicyclic) bond motifs is 12. The highest BCUT2D eigenvalue weighted by Crippen LogP contribution is 2.44. The molecule has 9 aromatic rings. The molecule has 4 heterocycles. The quantitative estimate of drug-likeness (QED) is 0.174. The summed E-state index contributed by atoms with van der Waals surface area (Å²) in [5.41, 5.74) is 7.82. The van der Waals surface area contributed by atoms with Crippen molar-refractivity contribution in [3.8, 4) is 0 Å². The van der Waals surface area contributed by atoms with E-state index in [0.29, 0.717) is 0 Å². The number of hydrogen-bond acceptors (Lipinski definition) is 0. The minimum atomic E-state index is 1.27. The number of nitrogens with zero attached hydrogens (tertiary/aromatic N) is 2. The van der Waals surface area contributed by atoms with Crippen molar-refractivity contribution in [2.75, 3.05) is 0 Å². The van der Waals surface area contributed by atoms with Gasteiger partial charge in [-0.3, -0.25) is 0 Å². The van der Waals surface area contributed by atoms with E-state index in [9.17, 15) is 0 Å². The van der Waals surface area contributed by atoms with Crippen LogP contribution in [0.25, 0.3) is 76.2 Å². The van der Waals surface area contributed by atoms with Crippen molar-refractivity contribution in [2.45, 2.75) is 0 Å². The molecule has 0 aliphatic rings. The summed E-state index contributed by atoms with van der Waals surface area (Å²) in [5.74, 6) is 0. The Hall–Kier alpha value is -3.57. The summed E-state index contributed by atoms with van der Waals surface area (Å²) in [4.78, 5) is 0. The van der Waals surface area contributed by atoms with Crippen molar-refractivity contribution in [3.05, 3.63) is 94.6 Å². The number of hydrogen-bond donors (Lipinski definition) is 0. The average Bonchev–Trinajstić information content (AvgIpc) is 3.55. The Labute approximate surface area is 201 Å². The summed E-state index contributed by atoms with van der Waals surface area (Å²) in [6.45, 7) is 0. The van der Waals surface area contributed by atoms with Crippen LogP contribution >= 0.6 is 22.6 Å². The molecule has 0 amide bonds. The van der Waals surface area contributed by atoms with Gasteiger partial charge in [-0.1, -0.05) is 54.6 Å². The lowest BCUT2D eigenvalue weighted by atomic mass is 10.0. The van der Waals surface area contributed by atoms with E-state index >= 15 is 0 Å². The second-order valence-corrected chi connectivity index (χ2v) is 10.4. The van der Waals surface area contributed by atoms with Crippen LogP contribution in [0.3, 0.4) is 0 Å². The largest absolute Gasteiger partial charge is 0.308 e. The molecular weight excluding hydrogens is 515 g/mol. The van der Waals surface area contributed by atoms with Gasteiger partial charge in [0.05, 0.1) is 33.1 Å². The maximum atomic E-state index is 2.48. The molecule has 0 saturated carbocycles. The molecule has 0 bridgehead atoms. The molecule has 0 saturated heterocycles. The molecule has 152 valence electrons. The molecule has 33 heavy (non-hydrogen) atoms. The second-order valence-electron chi connectivity index (χ2n) is 9.14. The van der Waals surface area contributed by atoms with E-state index in [-0.39, 0.29) is 0 Å². The highest BCUT2D eigenvalue weighted by molar-refractivity contribution is 14.1. The van der Waals surface area contributed by atoms with Crippen LogP contribution in [-0.2, 0) is 0 Å². The molecule has 0 atom stereocenters. The van der Waals surface area contributed by atoms with Gasteiger partial charge < -0.3 is 8.80 Å². The minimum absolute atomic E-state index is 1.27. The zero-order valence-corrected chi connectivity index (χ0v) is 19.6. The Kier molecular flexibility index (Phi) is 2.82. The maximum Gasteiger partial charge on any atom is 0.0620 e. The van der Waals surface area contributed by atoms with E-state index in [2.05, 4.69) is 122 Å². The van der Waals surface area contributed by atoms with Crippen molar-refractivity contribution < 1.29 is 0 Å². The van der Waals surface area contributed by atoms with Gasteiger partial charge in [0.1, 0.15) is 0 Å². The number of halogens is 1. The standard InChI is InChI=1S/C30H15IN2/c31-16-11-12-26-22(13-16)19-7-4-9-21-24-14-23-20-8-3-6-18-17-5-1-2-10-25(17)32(29(18)20)27(23)15-28(24)33(26)30(19)21/h1-15H. The van der Waals surface area contributed by atoms with Crippen LogP contribution in [-0.4, -0.2) is 8.80 Å². The molecule has 2 nitrogen and oxygen atoms in total. The number of benzene rings is 5. The zero-order valence-electron chi connectivity index (χ0n) is 17.4. The van der Waals surface area contributed by atoms with Gasteiger partial charge in [0, 0.05) is 46.7 Å². The van der Waals surface area contributed by atoms with Gasteiger partial charge in [-0.2, -0.15) is 0 Å². The molecule has 0 aliphatic heterocycles. The van der Waals surface area contributed by atoms with E-state index in [1.807, 2.05) is 0 Å². The number of aromatic nitrogens is 2. The van der Waals surface area contributed by atoms with Crippen LogP contribution in [0.1, 0.15) is 0 Å². The molecule has 4 aromatic heterocycles. The van der Waals surface area contributed by atoms with Crippen LogP contribution in [0.2, 0.25) is 0 Å². The molecule has 0 radical (unpaired) electrons. The Morgan fingerprint density at radius 3 is 1.58 bits per heavy atom. The van der Waals surface area contributed by atoms with Crippen molar-refractivity contribution in [1.29, 1.82) is 0 Å². The fourth-order valence-corrected chi connectivity index (χ4v) is 6.86. The first kappa shape index (κ1) is 17.0. The molecule has 0 spiro atoms. The Balaban J connectivity index is 1.62. The second kappa shape index (κ2) is 5.49. The third-order valence-electron chi connectivity index (χ3n) is 7.62. The lowest BCUT2D eigenvalue weighted by molar-refractivity contribution is 1.35. The molecule has 0 fully saturated rings. The van der Waals surface area contributed by atoms with Crippen LogP contribution in [0.4, 0.5) is 0 Å². The molecular formula is C30H15IN2. The fourth-order valence-electron chi connectivity index (χ4n) is 6.37. The first-order valence-electron chi connectivity index (χ1n) is 11.2. The smallest absolute Gasteiger partial charge is 0.0620 e. The van der Waals surface area contributed by atoms with Crippen molar-refractivity contribution >= 4 is 98.8 Å². The highest BCUT2D eigenvalue weighted by Gasteiger charge is 2.21. The topological polar surface area (TPSA) is 8.82 Å². The van der Waals surface area contributed by atoms with Gasteiger partial charge in [-0.25, -0.2) is 0 Å². The van der Waals surface area contributed by atoms with Crippen LogP contribution in [0.15, 0.2) is 91.0 Å². The van der Waals surface area contributed by atoms with Crippen molar-refractivity contribution in [2.24, 2.45) is 0 Å². The molecule has 0 unspecified atom stereocenters. The van der Waals surface area contributed by atoms with Crippen LogP contribution in [0.5, 0.6) is 0 Å². The first-order chi connectivity index (χ1) is 16.3. The molecule has 0 aliphatic carbocycles. The lowest BCUT2D eigenvalue weighted by Crippen LogP contribution is -1.84. The van der Waals surface area contributed by atoms with Crippen molar-refractivity contribution in [1.82, 2.24) is 8.80 Å². The van der Waals surface area contributed by atoms with E-state index in [4.69, 9.17) is 0 Å². The Morgan fingerprint density at radius 1 is 0.394 bits per heavy atom. The van der Waals surface area contributed by atoms with E-state index < -0.39 is 0 Å². The highest BCUT2D eigenvalue weighted by atomic mass is 127. The molecule has 5 aromatic carbocycles. The van der Waals surface area contributed by atoms with Crippen LogP contribution in [0, 0.1) is 3.57 Å². The third-order valence-corrected chi connectivity index (χ3v) is 8.29. The summed E-state index contributed by atoms with van der Waals surface area (Å²) in [7, 11) is 0. The predicted octanol–water partition coefficient (Wildman–Crippen LogP) is 8.59. The van der Waals surface area contributed by atoms with E-state index in [1.165, 1.54) is 79.8 Å². The molecule has 0 N–H and O–H groups in total. The third kappa shape index (κ3) is 1.82. The van der Waals surface area contributed by atoms with Crippen LogP contribution < -0.4 is 0 Å². The summed E-state index contributed by atoms with van der Waals surface area (Å²) in [6, 6.07) is 34.0. The van der Waals surface area contributed by atoms with E-state index in [0.717, 1.165) is 0 Å². The molecule has 3 heteroatoms. The first-order valence-corrected chi connectivity index (χ1v) is 12.3. The van der Waals surface area contributed by atoms with Gasteiger partial charge in [0.2, 0.25) is 0 Å². The number of para-hydroxylation sites is 3. The maximum absolute atomic E-state index is 2.48. The van der Waals surface area contributed by atoms with Gasteiger partial charge in [-0.15, -0.1) is 0 Å². The van der Waals surface area contributed by atoms with Gasteiger partial charge in [0.15, 0.2) is 0 Å². The van der Waals surface area contributed by atoms with Gasteiger partial charge in [0.25, 0.3) is 0 Å². The normalized spacial score (nSPS) is 13.0. The summed E-state index contributed by atoms with van der Waals surface area (Å²) in [5, 5.41) is 10.7. The van der Waals surface area contributed by atoms with Gasteiger partial charge in [-0.05, 0) is 59.0 Å². The minimum Gasteiger partial charge on any atom is -0.308 e. The van der Waals surface area contributed by atoms with E-state index in [1.54, 1.807) is 0 Å².